The Morgan fingerprint density at radius 3 is 2.39 bits per heavy atom. The third kappa shape index (κ3) is 3.19. The molecular formula is C11H19O6P. The van der Waals surface area contributed by atoms with Gasteiger partial charge in [-0.25, -0.2) is 0 Å². The first-order valence-electron chi connectivity index (χ1n) is 5.79. The number of carbonyl (C=O) groups is 2. The summed E-state index contributed by atoms with van der Waals surface area (Å²) in [7, 11) is 0.0863. The van der Waals surface area contributed by atoms with Crippen molar-refractivity contribution in [2.75, 3.05) is 21.3 Å². The van der Waals surface area contributed by atoms with Crippen molar-refractivity contribution in [1.29, 1.82) is 0 Å². The summed E-state index contributed by atoms with van der Waals surface area (Å²) in [6.45, 7) is 0. The Hall–Kier alpha value is -0.710. The fourth-order valence-corrected chi connectivity index (χ4v) is 4.07. The van der Waals surface area contributed by atoms with Gasteiger partial charge in [0.1, 0.15) is 5.78 Å². The van der Waals surface area contributed by atoms with E-state index in [1.54, 1.807) is 0 Å². The topological polar surface area (TPSA) is 78.9 Å². The first-order valence-corrected chi connectivity index (χ1v) is 7.40. The van der Waals surface area contributed by atoms with Crippen LogP contribution in [0.4, 0.5) is 0 Å². The molecule has 6 nitrogen and oxygen atoms in total. The third-order valence-electron chi connectivity index (χ3n) is 3.26. The summed E-state index contributed by atoms with van der Waals surface area (Å²) in [5.74, 6) is -0.926. The van der Waals surface area contributed by atoms with Gasteiger partial charge in [-0.3, -0.25) is 14.2 Å². The Morgan fingerprint density at radius 1 is 1.33 bits per heavy atom. The van der Waals surface area contributed by atoms with E-state index in [0.29, 0.717) is 19.3 Å². The number of carbonyl (C=O) groups excluding carboxylic acids is 2. The minimum atomic E-state index is -3.59. The summed E-state index contributed by atoms with van der Waals surface area (Å²) in [5, 5.41) is 0. The number of methoxy groups -OCH3 is 1. The molecule has 0 heterocycles. The minimum Gasteiger partial charge on any atom is -0.468 e. The molecule has 1 aliphatic carbocycles. The van der Waals surface area contributed by atoms with Crippen LogP contribution in [0.1, 0.15) is 25.7 Å². The van der Waals surface area contributed by atoms with Gasteiger partial charge in [0.2, 0.25) is 0 Å². The lowest BCUT2D eigenvalue weighted by Crippen LogP contribution is -2.35. The standard InChI is InChI=1S/C11H19O6P/c1-15-11(13)10(18(14,16-2)17-3)8-5-4-6-9(12)7-8/h8,10H,4-7H2,1-3H3. The number of Topliss-reactive ketones (excluding diaryl/α,β-unsaturated/α-hetero) is 1. The molecule has 1 aliphatic rings. The van der Waals surface area contributed by atoms with Crippen LogP contribution in [0.2, 0.25) is 0 Å². The molecule has 7 heteroatoms. The van der Waals surface area contributed by atoms with Crippen LogP contribution in [-0.4, -0.2) is 38.7 Å². The highest BCUT2D eigenvalue weighted by Gasteiger charge is 2.47. The van der Waals surface area contributed by atoms with Gasteiger partial charge in [0, 0.05) is 27.1 Å². The normalized spacial score (nSPS) is 22.6. The van der Waals surface area contributed by atoms with Crippen molar-refractivity contribution in [3.63, 3.8) is 0 Å². The average Bonchev–Trinajstić information content (AvgIpc) is 2.38. The van der Waals surface area contributed by atoms with E-state index in [0.717, 1.165) is 0 Å². The first kappa shape index (κ1) is 15.3. The fourth-order valence-electron chi connectivity index (χ4n) is 2.33. The minimum absolute atomic E-state index is 0.0684. The van der Waals surface area contributed by atoms with Gasteiger partial charge in [-0.05, 0) is 18.8 Å². The van der Waals surface area contributed by atoms with Crippen LogP contribution >= 0.6 is 7.60 Å². The van der Waals surface area contributed by atoms with Gasteiger partial charge in [-0.1, -0.05) is 0 Å². The van der Waals surface area contributed by atoms with Crippen LogP contribution in [0.3, 0.4) is 0 Å². The molecule has 0 spiro atoms. The maximum Gasteiger partial charge on any atom is 0.344 e. The lowest BCUT2D eigenvalue weighted by Gasteiger charge is -2.31. The van der Waals surface area contributed by atoms with Crippen molar-refractivity contribution in [3.8, 4) is 0 Å². The SMILES string of the molecule is COC(=O)C(C1CCCC(=O)C1)P(=O)(OC)OC. The van der Waals surface area contributed by atoms with Gasteiger partial charge in [0.05, 0.1) is 7.11 Å². The predicted octanol–water partition coefficient (Wildman–Crippen LogP) is 1.77. The highest BCUT2D eigenvalue weighted by Crippen LogP contribution is 2.56. The van der Waals surface area contributed by atoms with Crippen LogP contribution in [0, 0.1) is 5.92 Å². The molecular weight excluding hydrogens is 259 g/mol. The Balaban J connectivity index is 3.01. The molecule has 0 aromatic rings. The number of ether oxygens (including phenoxy) is 1. The molecule has 0 radical (unpaired) electrons. The molecule has 1 rings (SSSR count). The summed E-state index contributed by atoms with van der Waals surface area (Å²) >= 11 is 0. The summed E-state index contributed by atoms with van der Waals surface area (Å²) < 4.78 is 26.8. The van der Waals surface area contributed by atoms with Gasteiger partial charge < -0.3 is 13.8 Å². The van der Waals surface area contributed by atoms with E-state index in [4.69, 9.17) is 9.05 Å². The zero-order chi connectivity index (χ0) is 13.8. The van der Waals surface area contributed by atoms with E-state index in [1.807, 2.05) is 0 Å². The van der Waals surface area contributed by atoms with E-state index < -0.39 is 19.2 Å². The zero-order valence-corrected chi connectivity index (χ0v) is 11.8. The number of hydrogen-bond donors (Lipinski definition) is 0. The largest absolute Gasteiger partial charge is 0.468 e. The molecule has 1 fully saturated rings. The highest BCUT2D eigenvalue weighted by atomic mass is 31.2. The molecule has 104 valence electrons. The van der Waals surface area contributed by atoms with Crippen molar-refractivity contribution in [1.82, 2.24) is 0 Å². The Bertz CT molecular complexity index is 359. The van der Waals surface area contributed by atoms with Crippen LogP contribution < -0.4 is 0 Å². The maximum atomic E-state index is 12.4. The van der Waals surface area contributed by atoms with E-state index in [9.17, 15) is 14.2 Å². The summed E-state index contributed by atoms with van der Waals surface area (Å²) in [4.78, 5) is 23.3. The molecule has 0 saturated heterocycles. The molecule has 0 amide bonds. The summed E-state index contributed by atoms with van der Waals surface area (Å²) in [6.07, 6.45) is 2.05. The molecule has 0 aromatic carbocycles. The summed E-state index contributed by atoms with van der Waals surface area (Å²) in [5.41, 5.74) is -1.03. The lowest BCUT2D eigenvalue weighted by molar-refractivity contribution is -0.142. The van der Waals surface area contributed by atoms with Gasteiger partial charge in [-0.2, -0.15) is 0 Å². The molecule has 0 bridgehead atoms. The van der Waals surface area contributed by atoms with Crippen LogP contribution in [-0.2, 0) is 27.9 Å². The van der Waals surface area contributed by atoms with Crippen LogP contribution in [0.5, 0.6) is 0 Å². The number of hydrogen-bond acceptors (Lipinski definition) is 6. The number of esters is 1. The zero-order valence-electron chi connectivity index (χ0n) is 10.9. The molecule has 0 aliphatic heterocycles. The molecule has 18 heavy (non-hydrogen) atoms. The van der Waals surface area contributed by atoms with Gasteiger partial charge >= 0.3 is 13.6 Å². The Labute approximate surface area is 107 Å². The molecule has 0 N–H and O–H groups in total. The number of ketones is 1. The summed E-state index contributed by atoms with van der Waals surface area (Å²) in [6, 6.07) is 0. The molecule has 0 aromatic heterocycles. The van der Waals surface area contributed by atoms with Crippen molar-refractivity contribution in [3.05, 3.63) is 0 Å². The monoisotopic (exact) mass is 278 g/mol. The molecule has 2 atom stereocenters. The Kier molecular flexibility index (Phi) is 5.50. The maximum absolute atomic E-state index is 12.4. The van der Waals surface area contributed by atoms with Crippen LogP contribution in [0.25, 0.3) is 0 Å². The second-order valence-electron chi connectivity index (χ2n) is 4.27. The second kappa shape index (κ2) is 6.45. The van der Waals surface area contributed by atoms with Crippen molar-refractivity contribution in [2.24, 2.45) is 5.92 Å². The Morgan fingerprint density at radius 2 is 1.94 bits per heavy atom. The molecule has 1 saturated carbocycles. The van der Waals surface area contributed by atoms with Gasteiger partial charge in [0.15, 0.2) is 5.66 Å². The highest BCUT2D eigenvalue weighted by molar-refractivity contribution is 7.55. The quantitative estimate of drug-likeness (QED) is 0.563. The smallest absolute Gasteiger partial charge is 0.344 e. The van der Waals surface area contributed by atoms with Crippen molar-refractivity contribution in [2.45, 2.75) is 31.3 Å². The second-order valence-corrected chi connectivity index (χ2v) is 6.63. The number of rotatable bonds is 5. The van der Waals surface area contributed by atoms with E-state index in [2.05, 4.69) is 4.74 Å². The van der Waals surface area contributed by atoms with E-state index >= 15 is 0 Å². The van der Waals surface area contributed by atoms with Gasteiger partial charge in [0.25, 0.3) is 0 Å². The van der Waals surface area contributed by atoms with Crippen molar-refractivity contribution < 1.29 is 27.9 Å². The first-order chi connectivity index (χ1) is 8.48. The average molecular weight is 278 g/mol. The van der Waals surface area contributed by atoms with Crippen molar-refractivity contribution >= 4 is 19.3 Å². The lowest BCUT2D eigenvalue weighted by atomic mass is 9.86. The molecule has 2 unspecified atom stereocenters. The van der Waals surface area contributed by atoms with Crippen LogP contribution in [0.15, 0.2) is 0 Å². The van der Waals surface area contributed by atoms with E-state index in [-0.39, 0.29) is 18.1 Å². The predicted molar refractivity (Wildman–Crippen MR) is 64.4 cm³/mol. The third-order valence-corrected chi connectivity index (χ3v) is 5.59. The fraction of sp³-hybridized carbons (Fsp3) is 0.818. The van der Waals surface area contributed by atoms with Gasteiger partial charge in [-0.15, -0.1) is 0 Å². The van der Waals surface area contributed by atoms with E-state index in [1.165, 1.54) is 21.3 Å².